The lowest BCUT2D eigenvalue weighted by Gasteiger charge is -2.28. The van der Waals surface area contributed by atoms with Crippen LogP contribution in [0.25, 0.3) is 11.1 Å². The molecule has 0 aliphatic carbocycles. The number of nitrogens with one attached hydrogen (secondary N) is 1. The highest BCUT2D eigenvalue weighted by atomic mass is 32.1. The minimum atomic E-state index is -0.735. The zero-order valence-electron chi connectivity index (χ0n) is 17.5. The predicted molar refractivity (Wildman–Crippen MR) is 119 cm³/mol. The summed E-state index contributed by atoms with van der Waals surface area (Å²) in [7, 11) is 0. The van der Waals surface area contributed by atoms with Crippen molar-refractivity contribution in [2.75, 3.05) is 18.4 Å². The van der Waals surface area contributed by atoms with E-state index in [1.807, 2.05) is 19.9 Å². The SMILES string of the molecule is CC1(C)O/C(=C2/C(=O)Nc3cc(F)ccc32)C=C1c1csc(CN2CCCC(F)C2)c1. The fourth-order valence-electron chi connectivity index (χ4n) is 4.58. The smallest absolute Gasteiger partial charge is 0.260 e. The molecule has 1 aromatic heterocycles. The Morgan fingerprint density at radius 2 is 2.16 bits per heavy atom. The van der Waals surface area contributed by atoms with Gasteiger partial charge in [0.1, 0.15) is 23.3 Å². The summed E-state index contributed by atoms with van der Waals surface area (Å²) in [6.07, 6.45) is 2.74. The molecule has 0 spiro atoms. The maximum atomic E-state index is 13.7. The molecule has 4 heterocycles. The largest absolute Gasteiger partial charge is 0.482 e. The lowest BCUT2D eigenvalue weighted by Crippen LogP contribution is -2.35. The van der Waals surface area contributed by atoms with Gasteiger partial charge in [-0.1, -0.05) is 0 Å². The summed E-state index contributed by atoms with van der Waals surface area (Å²) < 4.78 is 33.5. The van der Waals surface area contributed by atoms with Gasteiger partial charge in [-0.2, -0.15) is 0 Å². The van der Waals surface area contributed by atoms with Crippen LogP contribution in [0.15, 0.2) is 41.5 Å². The molecule has 3 aliphatic rings. The Morgan fingerprint density at radius 3 is 2.97 bits per heavy atom. The first-order valence-electron chi connectivity index (χ1n) is 10.5. The van der Waals surface area contributed by atoms with Gasteiger partial charge in [0.15, 0.2) is 0 Å². The number of fused-ring (bicyclic) bond motifs is 1. The molecule has 31 heavy (non-hydrogen) atoms. The molecule has 7 heteroatoms. The molecule has 0 radical (unpaired) electrons. The molecule has 1 amide bonds. The van der Waals surface area contributed by atoms with Gasteiger partial charge in [0.05, 0.1) is 11.3 Å². The van der Waals surface area contributed by atoms with Crippen LogP contribution in [0.5, 0.6) is 0 Å². The van der Waals surface area contributed by atoms with Crippen molar-refractivity contribution >= 4 is 34.1 Å². The van der Waals surface area contributed by atoms with Crippen molar-refractivity contribution < 1.29 is 18.3 Å². The van der Waals surface area contributed by atoms with Gasteiger partial charge in [-0.05, 0) is 74.5 Å². The topological polar surface area (TPSA) is 41.6 Å². The minimum absolute atomic E-state index is 0.291. The molecule has 1 atom stereocenters. The number of piperidine rings is 1. The van der Waals surface area contributed by atoms with Crippen molar-refractivity contribution in [2.24, 2.45) is 0 Å². The molecule has 2 aromatic rings. The number of carbonyl (C=O) groups is 1. The zero-order valence-corrected chi connectivity index (χ0v) is 18.3. The van der Waals surface area contributed by atoms with Gasteiger partial charge >= 0.3 is 0 Å². The van der Waals surface area contributed by atoms with Crippen LogP contribution < -0.4 is 5.32 Å². The Hall–Kier alpha value is -2.51. The van der Waals surface area contributed by atoms with Gasteiger partial charge in [-0.25, -0.2) is 8.78 Å². The van der Waals surface area contributed by atoms with E-state index in [2.05, 4.69) is 21.7 Å². The number of carbonyl (C=O) groups excluding carboxylic acids is 1. The third-order valence-electron chi connectivity index (χ3n) is 6.05. The van der Waals surface area contributed by atoms with E-state index < -0.39 is 17.6 Å². The van der Waals surface area contributed by atoms with Crippen LogP contribution in [0.1, 0.15) is 42.7 Å². The first-order valence-corrected chi connectivity index (χ1v) is 11.4. The molecule has 0 saturated carbocycles. The number of ether oxygens (including phenoxy) is 1. The van der Waals surface area contributed by atoms with Gasteiger partial charge in [0.2, 0.25) is 0 Å². The average molecular weight is 443 g/mol. The molecule has 4 nitrogen and oxygen atoms in total. The summed E-state index contributed by atoms with van der Waals surface area (Å²) in [5.41, 5.74) is 2.96. The van der Waals surface area contributed by atoms with E-state index in [1.165, 1.54) is 17.0 Å². The number of allylic oxidation sites excluding steroid dienone is 1. The lowest BCUT2D eigenvalue weighted by atomic mass is 9.94. The maximum Gasteiger partial charge on any atom is 0.260 e. The molecule has 162 valence electrons. The number of halogens is 2. The molecule has 1 saturated heterocycles. The van der Waals surface area contributed by atoms with Gasteiger partial charge < -0.3 is 10.1 Å². The number of nitrogens with zero attached hydrogens (tertiary/aromatic N) is 1. The van der Waals surface area contributed by atoms with E-state index in [0.717, 1.165) is 30.6 Å². The second-order valence-corrected chi connectivity index (χ2v) is 9.83. The van der Waals surface area contributed by atoms with Crippen LogP contribution >= 0.6 is 11.3 Å². The van der Waals surface area contributed by atoms with Gasteiger partial charge in [0, 0.05) is 29.1 Å². The van der Waals surface area contributed by atoms with Crippen LogP contribution in [-0.2, 0) is 16.1 Å². The third kappa shape index (κ3) is 3.81. The van der Waals surface area contributed by atoms with E-state index in [4.69, 9.17) is 4.74 Å². The summed E-state index contributed by atoms with van der Waals surface area (Å²) in [4.78, 5) is 16.0. The van der Waals surface area contributed by atoms with E-state index in [0.29, 0.717) is 35.5 Å². The quantitative estimate of drug-likeness (QED) is 0.649. The van der Waals surface area contributed by atoms with Crippen LogP contribution in [0.3, 0.4) is 0 Å². The number of hydrogen-bond acceptors (Lipinski definition) is 4. The number of rotatable bonds is 3. The van der Waals surface area contributed by atoms with Gasteiger partial charge in [-0.3, -0.25) is 9.69 Å². The fourth-order valence-corrected chi connectivity index (χ4v) is 5.50. The molecular formula is C24H24F2N2O2S. The fraction of sp³-hybridized carbons (Fsp3) is 0.375. The van der Waals surface area contributed by atoms with Gasteiger partial charge in [-0.15, -0.1) is 11.3 Å². The molecule has 0 bridgehead atoms. The Balaban J connectivity index is 1.45. The lowest BCUT2D eigenvalue weighted by molar-refractivity contribution is -0.111. The molecule has 1 aromatic carbocycles. The normalized spacial score (nSPS) is 25.2. The van der Waals surface area contributed by atoms with Crippen LogP contribution in [-0.4, -0.2) is 35.7 Å². The highest BCUT2D eigenvalue weighted by Gasteiger charge is 2.38. The Bertz CT molecular complexity index is 1120. The van der Waals surface area contributed by atoms with Crippen molar-refractivity contribution in [3.63, 3.8) is 0 Å². The Kier molecular flexibility index (Phi) is 4.98. The zero-order chi connectivity index (χ0) is 21.8. The standard InChI is InChI=1S/C24H24F2N2O2S/c1-24(2)19(14-8-17(31-13-14)12-28-7-3-4-16(26)11-28)10-21(30-24)22-18-6-5-15(25)9-20(18)27-23(22)29/h5-6,8-10,13,16H,3-4,7,11-12H2,1-2H3,(H,27,29)/b22-21+. The van der Waals surface area contributed by atoms with Crippen molar-refractivity contribution in [1.29, 1.82) is 0 Å². The van der Waals surface area contributed by atoms with E-state index in [9.17, 15) is 13.6 Å². The molecule has 1 N–H and O–H groups in total. The van der Waals surface area contributed by atoms with Crippen molar-refractivity contribution in [3.05, 3.63) is 63.3 Å². The average Bonchev–Trinajstić information content (AvgIpc) is 3.36. The summed E-state index contributed by atoms with van der Waals surface area (Å²) >= 11 is 1.66. The number of likely N-dealkylation sites (tertiary alicyclic amines) is 1. The molecule has 1 unspecified atom stereocenters. The highest BCUT2D eigenvalue weighted by molar-refractivity contribution is 7.10. The molecule has 1 fully saturated rings. The Morgan fingerprint density at radius 1 is 1.32 bits per heavy atom. The number of benzene rings is 1. The number of anilines is 1. The van der Waals surface area contributed by atoms with Crippen LogP contribution in [0.4, 0.5) is 14.5 Å². The summed E-state index contributed by atoms with van der Waals surface area (Å²) in [6, 6.07) is 6.40. The number of alkyl halides is 1. The number of thiophene rings is 1. The number of hydrogen-bond donors (Lipinski definition) is 1. The van der Waals surface area contributed by atoms with E-state index in [1.54, 1.807) is 17.4 Å². The summed E-state index contributed by atoms with van der Waals surface area (Å²) in [6.45, 7) is 6.11. The van der Waals surface area contributed by atoms with Crippen LogP contribution in [0, 0.1) is 5.82 Å². The first kappa shape index (κ1) is 20.4. The van der Waals surface area contributed by atoms with Crippen LogP contribution in [0.2, 0.25) is 0 Å². The van der Waals surface area contributed by atoms with Crippen molar-refractivity contribution in [1.82, 2.24) is 4.90 Å². The minimum Gasteiger partial charge on any atom is -0.482 e. The monoisotopic (exact) mass is 442 g/mol. The third-order valence-corrected chi connectivity index (χ3v) is 6.98. The summed E-state index contributed by atoms with van der Waals surface area (Å²) in [5, 5.41) is 4.81. The van der Waals surface area contributed by atoms with E-state index >= 15 is 0 Å². The number of amides is 1. The van der Waals surface area contributed by atoms with Crippen molar-refractivity contribution in [2.45, 2.75) is 45.0 Å². The summed E-state index contributed by atoms with van der Waals surface area (Å²) in [5.74, 6) is -0.194. The first-order chi connectivity index (χ1) is 14.8. The Labute approximate surface area is 184 Å². The predicted octanol–water partition coefficient (Wildman–Crippen LogP) is 5.38. The molecule has 3 aliphatic heterocycles. The van der Waals surface area contributed by atoms with E-state index in [-0.39, 0.29) is 5.91 Å². The molecule has 5 rings (SSSR count). The molecular weight excluding hydrogens is 418 g/mol. The maximum absolute atomic E-state index is 13.7. The van der Waals surface area contributed by atoms with Crippen molar-refractivity contribution in [3.8, 4) is 0 Å². The second-order valence-electron chi connectivity index (χ2n) is 8.83. The second kappa shape index (κ2) is 7.57. The van der Waals surface area contributed by atoms with Gasteiger partial charge in [0.25, 0.3) is 5.91 Å². The highest BCUT2D eigenvalue weighted by Crippen LogP contribution is 2.45.